The van der Waals surface area contributed by atoms with Gasteiger partial charge in [-0.05, 0) is 144 Å². The van der Waals surface area contributed by atoms with Crippen molar-refractivity contribution in [2.45, 2.75) is 133 Å². The Labute approximate surface area is 641 Å². The standard InChI is InChI=1S/C44H42N6O4S2.C42H49N7O5/c51-55(52,29-31-11-3-1-4-12-31)49-25-9-17-41(49)43-45-27-39(47-43)34-21-19-33(20-22-34)35-23-24-38(37-16-8-7-15-36(35)37)40-28-46-44(48-40)42-18-10-26-50(42)56(53,54)30-32-13-5-2-6-14-32;1-25(2)36(47-40(51)53-6)39(50)48-21-9-13-34(48)37-43-23-32(45-37)27-17-15-26(16-18-27)28-19-20-31(30-12-8-7-11-29(28)30)33-24-44-38(46-33)35-14-10-22-49(35)41(52)54-42(3,4)5/h1-8,11-16,19-24,27-28,41-42H,9-10,17-18,25-26,29-30H2,(H,45,47)(H,46,48);7-8,11-12,15-20,23-25,34-36H,9-10,13-14,21-22H2,1-6H3,(H,43,45)(H,44,46)(H,47,51)/t41-,42-;34-,35-,36-/m00/s1. The SMILES string of the molecule is COC(=O)N[C@H](C(=O)N1CCC[C@H]1c1ncc(-c2ccc(-c3ccc(-c4cnc([C@@H]5CCCN5C(=O)OC(C)(C)C)[nH]4)c4ccccc34)cc2)[nH]1)C(C)C.O=S(=O)(Cc1ccccc1)N1CCC[C@H]1c1ncc(-c2ccc(-c3ccc(-c4cnc([C@@H]5CCCN5S(=O)(=O)Cc5ccccc5)[nH]4)c4ccccc34)cc2)[nH]1. The van der Waals surface area contributed by atoms with Crippen LogP contribution < -0.4 is 5.32 Å². The van der Waals surface area contributed by atoms with Gasteiger partial charge in [-0.3, -0.25) is 9.69 Å². The van der Waals surface area contributed by atoms with Crippen LogP contribution in [0.5, 0.6) is 0 Å². The molecular formula is C86H91N13O9S2. The normalized spacial score (nSPS) is 18.1. The molecule has 22 nitrogen and oxygen atoms in total. The molecule has 4 aliphatic rings. The number of ether oxygens (including phenoxy) is 2. The number of aromatic amines is 4. The monoisotopic (exact) mass is 1510 g/mol. The molecule has 0 unspecified atom stereocenters. The van der Waals surface area contributed by atoms with Crippen LogP contribution in [0.4, 0.5) is 9.59 Å². The Morgan fingerprint density at radius 1 is 0.445 bits per heavy atom. The summed E-state index contributed by atoms with van der Waals surface area (Å²) in [5.74, 6) is 2.52. The van der Waals surface area contributed by atoms with Gasteiger partial charge in [0.25, 0.3) is 0 Å². The number of benzene rings is 8. The fraction of sp³-hybridized carbons (Fsp3) is 0.314. The molecule has 5 atom stereocenters. The first kappa shape index (κ1) is 74.4. The topological polar surface area (TPSA) is 278 Å². The van der Waals surface area contributed by atoms with Crippen molar-refractivity contribution < 1.29 is 40.7 Å². The van der Waals surface area contributed by atoms with Crippen LogP contribution in [0, 0.1) is 5.92 Å². The van der Waals surface area contributed by atoms with Crippen molar-refractivity contribution in [1.82, 2.24) is 63.6 Å². The van der Waals surface area contributed by atoms with Gasteiger partial charge in [-0.1, -0.05) is 196 Å². The number of H-pyrrole nitrogens is 4. The van der Waals surface area contributed by atoms with Gasteiger partial charge in [0.15, 0.2) is 0 Å². The number of carbonyl (C=O) groups excluding carboxylic acids is 3. The van der Waals surface area contributed by atoms with E-state index in [1.807, 2.05) is 137 Å². The number of rotatable bonds is 19. The number of aromatic nitrogens is 8. The molecule has 0 aliphatic carbocycles. The number of imidazole rings is 4. The summed E-state index contributed by atoms with van der Waals surface area (Å²) in [5.41, 5.74) is 12.7. The van der Waals surface area contributed by atoms with E-state index in [0.29, 0.717) is 44.2 Å². The zero-order chi connectivity index (χ0) is 76.4. The Morgan fingerprint density at radius 2 is 0.791 bits per heavy atom. The lowest BCUT2D eigenvalue weighted by Gasteiger charge is -2.30. The van der Waals surface area contributed by atoms with Crippen LogP contribution in [0.15, 0.2) is 207 Å². The molecule has 24 heteroatoms. The number of fused-ring (bicyclic) bond motifs is 2. The van der Waals surface area contributed by atoms with Crippen molar-refractivity contribution in [2.75, 3.05) is 33.3 Å². The molecule has 8 aromatic carbocycles. The van der Waals surface area contributed by atoms with E-state index in [-0.39, 0.29) is 53.6 Å². The van der Waals surface area contributed by atoms with Gasteiger partial charge >= 0.3 is 12.2 Å². The molecule has 4 aromatic heterocycles. The lowest BCUT2D eigenvalue weighted by atomic mass is 9.93. The van der Waals surface area contributed by atoms with Crippen LogP contribution in [0.3, 0.4) is 0 Å². The molecule has 0 bridgehead atoms. The first-order chi connectivity index (χ1) is 53.1. The predicted octanol–water partition coefficient (Wildman–Crippen LogP) is 17.0. The van der Waals surface area contributed by atoms with Crippen molar-refractivity contribution in [3.8, 4) is 67.3 Å². The van der Waals surface area contributed by atoms with Crippen molar-refractivity contribution in [1.29, 1.82) is 0 Å². The van der Waals surface area contributed by atoms with E-state index in [0.717, 1.165) is 157 Å². The molecule has 4 saturated heterocycles. The van der Waals surface area contributed by atoms with Crippen LogP contribution >= 0.6 is 0 Å². The average molecular weight is 1510 g/mol. The Balaban J connectivity index is 0.000000175. The maximum atomic E-state index is 13.6. The molecule has 12 aromatic rings. The number of nitrogens with one attached hydrogen (secondary N) is 5. The third-order valence-electron chi connectivity index (χ3n) is 21.4. The third-order valence-corrected chi connectivity index (χ3v) is 25.1. The molecule has 0 radical (unpaired) electrons. The summed E-state index contributed by atoms with van der Waals surface area (Å²) in [6, 6.07) is 58.8. The molecule has 16 rings (SSSR count). The summed E-state index contributed by atoms with van der Waals surface area (Å²) in [6.45, 7) is 11.7. The van der Waals surface area contributed by atoms with Gasteiger partial charge in [0, 0.05) is 37.3 Å². The molecule has 5 N–H and O–H groups in total. The zero-order valence-corrected chi connectivity index (χ0v) is 64.2. The maximum Gasteiger partial charge on any atom is 0.410 e. The number of methoxy groups -OCH3 is 1. The summed E-state index contributed by atoms with van der Waals surface area (Å²) in [4.78, 5) is 74.9. The smallest absolute Gasteiger partial charge is 0.410 e. The van der Waals surface area contributed by atoms with E-state index >= 15 is 0 Å². The molecule has 0 saturated carbocycles. The van der Waals surface area contributed by atoms with Crippen LogP contribution in [0.1, 0.15) is 145 Å². The van der Waals surface area contributed by atoms with Gasteiger partial charge in [-0.25, -0.2) is 46.4 Å². The quantitative estimate of drug-likeness (QED) is 0.0504. The zero-order valence-electron chi connectivity index (χ0n) is 62.6. The van der Waals surface area contributed by atoms with E-state index in [2.05, 4.69) is 133 Å². The molecule has 566 valence electrons. The number of sulfonamides is 2. The lowest BCUT2D eigenvalue weighted by molar-refractivity contribution is -0.135. The molecule has 0 spiro atoms. The molecule has 4 aliphatic heterocycles. The minimum absolute atomic E-state index is 0.0286. The third kappa shape index (κ3) is 15.8. The first-order valence-corrected chi connectivity index (χ1v) is 41.0. The summed E-state index contributed by atoms with van der Waals surface area (Å²) < 4.78 is 67.6. The highest BCUT2D eigenvalue weighted by molar-refractivity contribution is 7.88. The highest BCUT2D eigenvalue weighted by atomic mass is 32.2. The minimum atomic E-state index is -3.53. The predicted molar refractivity (Wildman–Crippen MR) is 427 cm³/mol. The van der Waals surface area contributed by atoms with Gasteiger partial charge in [0.1, 0.15) is 34.9 Å². The fourth-order valence-corrected chi connectivity index (χ4v) is 19.6. The van der Waals surface area contributed by atoms with E-state index in [4.69, 9.17) is 24.4 Å². The Bertz CT molecular complexity index is 5540. The second kappa shape index (κ2) is 31.5. The molecule has 110 heavy (non-hydrogen) atoms. The second-order valence-corrected chi connectivity index (χ2v) is 34.0. The van der Waals surface area contributed by atoms with E-state index in [1.165, 1.54) is 7.11 Å². The summed E-state index contributed by atoms with van der Waals surface area (Å²) in [6.07, 6.45) is 12.7. The van der Waals surface area contributed by atoms with Crippen LogP contribution in [-0.4, -0.2) is 138 Å². The van der Waals surface area contributed by atoms with Crippen LogP contribution in [0.2, 0.25) is 0 Å². The number of hydrogen-bond acceptors (Lipinski definition) is 13. The maximum absolute atomic E-state index is 13.6. The van der Waals surface area contributed by atoms with E-state index in [9.17, 15) is 31.2 Å². The minimum Gasteiger partial charge on any atom is -0.453 e. The van der Waals surface area contributed by atoms with Crippen LogP contribution in [0.25, 0.3) is 88.8 Å². The van der Waals surface area contributed by atoms with Gasteiger partial charge in [-0.2, -0.15) is 8.61 Å². The number of hydrogen-bond donors (Lipinski definition) is 5. The van der Waals surface area contributed by atoms with Crippen molar-refractivity contribution in [3.05, 3.63) is 241 Å². The van der Waals surface area contributed by atoms with E-state index in [1.54, 1.807) is 19.7 Å². The Hall–Kier alpha value is -11.1. The molecule has 8 heterocycles. The lowest BCUT2D eigenvalue weighted by Crippen LogP contribution is -2.51. The average Bonchev–Trinajstić information content (AvgIpc) is 1.41. The highest BCUT2D eigenvalue weighted by Crippen LogP contribution is 2.43. The van der Waals surface area contributed by atoms with Gasteiger partial charge in [0.2, 0.25) is 26.0 Å². The number of nitrogens with zero attached hydrogens (tertiary/aromatic N) is 8. The summed E-state index contributed by atoms with van der Waals surface area (Å²) in [5, 5.41) is 7.07. The second-order valence-electron chi connectivity index (χ2n) is 30.2. The molecule has 3 amide bonds. The van der Waals surface area contributed by atoms with Crippen molar-refractivity contribution in [2.24, 2.45) is 5.92 Å². The van der Waals surface area contributed by atoms with Gasteiger partial charge in [0.05, 0.1) is 90.3 Å². The van der Waals surface area contributed by atoms with Gasteiger partial charge < -0.3 is 39.6 Å². The van der Waals surface area contributed by atoms with E-state index < -0.39 is 37.8 Å². The van der Waals surface area contributed by atoms with Crippen LogP contribution in [-0.2, 0) is 45.8 Å². The first-order valence-electron chi connectivity index (χ1n) is 37.8. The highest BCUT2D eigenvalue weighted by Gasteiger charge is 2.41. The number of amides is 3. The molecule has 4 fully saturated rings. The summed E-state index contributed by atoms with van der Waals surface area (Å²) >= 11 is 0. The number of likely N-dealkylation sites (tertiary alicyclic amines) is 2. The summed E-state index contributed by atoms with van der Waals surface area (Å²) in [7, 11) is -5.76. The largest absolute Gasteiger partial charge is 0.453 e. The van der Waals surface area contributed by atoms with Gasteiger partial charge in [-0.15, -0.1) is 0 Å². The fourth-order valence-electron chi connectivity index (χ4n) is 16.0. The number of carbonyl (C=O) groups is 3. The molecular weight excluding hydrogens is 1420 g/mol. The Morgan fingerprint density at radius 3 is 1.21 bits per heavy atom. The Kier molecular flexibility index (Phi) is 21.3. The number of alkyl carbamates (subject to hydrolysis) is 1. The van der Waals surface area contributed by atoms with Crippen molar-refractivity contribution in [3.63, 3.8) is 0 Å². The van der Waals surface area contributed by atoms with Crippen molar-refractivity contribution >= 4 is 59.7 Å².